The van der Waals surface area contributed by atoms with Crippen molar-refractivity contribution in [3.8, 4) is 5.75 Å². The molecule has 0 aliphatic carbocycles. The maximum Gasteiger partial charge on any atom is 0.272 e. The van der Waals surface area contributed by atoms with Crippen LogP contribution >= 0.6 is 0 Å². The molecule has 0 spiro atoms. The first-order valence-corrected chi connectivity index (χ1v) is 10.7. The normalized spacial score (nSPS) is 15.8. The molecule has 1 atom stereocenters. The number of carbonyl (C=O) groups excluding carboxylic acids is 1. The molecule has 1 aliphatic heterocycles. The number of benzene rings is 2. The average molecular weight is 420 g/mol. The largest absolute Gasteiger partial charge is 0.497 e. The molecule has 2 aromatic carbocycles. The van der Waals surface area contributed by atoms with Crippen molar-refractivity contribution >= 4 is 22.5 Å². The van der Waals surface area contributed by atoms with Gasteiger partial charge in [0, 0.05) is 44.9 Å². The van der Waals surface area contributed by atoms with E-state index in [4.69, 9.17) is 9.47 Å². The molecule has 1 aliphatic rings. The third kappa shape index (κ3) is 4.97. The number of aromatic nitrogens is 1. The van der Waals surface area contributed by atoms with Crippen LogP contribution < -0.4 is 9.64 Å². The van der Waals surface area contributed by atoms with Crippen molar-refractivity contribution in [2.45, 2.75) is 25.5 Å². The van der Waals surface area contributed by atoms with Crippen LogP contribution in [-0.2, 0) is 11.3 Å². The van der Waals surface area contributed by atoms with Gasteiger partial charge in [0.1, 0.15) is 11.4 Å². The molecule has 1 unspecified atom stereocenters. The van der Waals surface area contributed by atoms with Crippen molar-refractivity contribution in [1.82, 2.24) is 9.88 Å². The summed E-state index contributed by atoms with van der Waals surface area (Å²) < 4.78 is 11.1. The second kappa shape index (κ2) is 9.35. The summed E-state index contributed by atoms with van der Waals surface area (Å²) in [6.45, 7) is 1.85. The molecule has 2 heterocycles. The van der Waals surface area contributed by atoms with E-state index < -0.39 is 0 Å². The standard InChI is InChI=1S/C25H29N3O3/c1-27(2)20-9-6-18(7-10-20)16-28(17-22-5-4-14-31-22)25(29)24-12-8-19-15-21(30-3)11-13-23(19)26-24/h6-13,15,22H,4-5,14,16-17H2,1-3H3. The van der Waals surface area contributed by atoms with E-state index in [0.29, 0.717) is 18.8 Å². The van der Waals surface area contributed by atoms with Crippen LogP contribution in [0.4, 0.5) is 5.69 Å². The molecule has 0 saturated carbocycles. The van der Waals surface area contributed by atoms with Crippen molar-refractivity contribution in [2.24, 2.45) is 0 Å². The molecule has 0 N–H and O–H groups in total. The summed E-state index contributed by atoms with van der Waals surface area (Å²) in [6, 6.07) is 17.7. The fourth-order valence-electron chi connectivity index (χ4n) is 3.89. The zero-order valence-electron chi connectivity index (χ0n) is 18.4. The Morgan fingerprint density at radius 3 is 2.61 bits per heavy atom. The van der Waals surface area contributed by atoms with Gasteiger partial charge < -0.3 is 19.3 Å². The second-order valence-corrected chi connectivity index (χ2v) is 8.14. The lowest BCUT2D eigenvalue weighted by molar-refractivity contribution is 0.0503. The van der Waals surface area contributed by atoms with E-state index in [-0.39, 0.29) is 12.0 Å². The minimum atomic E-state index is -0.0788. The molecule has 31 heavy (non-hydrogen) atoms. The Labute approximate surface area is 183 Å². The van der Waals surface area contributed by atoms with Crippen molar-refractivity contribution in [3.05, 3.63) is 65.9 Å². The van der Waals surface area contributed by atoms with Crippen LogP contribution in [0, 0.1) is 0 Å². The topological polar surface area (TPSA) is 54.9 Å². The lowest BCUT2D eigenvalue weighted by atomic mass is 10.1. The fourth-order valence-corrected chi connectivity index (χ4v) is 3.89. The molecule has 162 valence electrons. The molecule has 0 radical (unpaired) electrons. The van der Waals surface area contributed by atoms with E-state index in [2.05, 4.69) is 34.1 Å². The number of carbonyl (C=O) groups is 1. The fraction of sp³-hybridized carbons (Fsp3) is 0.360. The van der Waals surface area contributed by atoms with Crippen LogP contribution in [0.25, 0.3) is 10.9 Å². The number of amides is 1. The van der Waals surface area contributed by atoms with E-state index in [9.17, 15) is 4.79 Å². The predicted molar refractivity (Wildman–Crippen MR) is 123 cm³/mol. The van der Waals surface area contributed by atoms with Gasteiger partial charge in [-0.1, -0.05) is 18.2 Å². The monoisotopic (exact) mass is 419 g/mol. The van der Waals surface area contributed by atoms with Gasteiger partial charge in [0.25, 0.3) is 5.91 Å². The zero-order valence-corrected chi connectivity index (χ0v) is 18.4. The molecule has 6 heteroatoms. The van der Waals surface area contributed by atoms with Crippen molar-refractivity contribution in [2.75, 3.05) is 39.3 Å². The SMILES string of the molecule is COc1ccc2nc(C(=O)N(Cc3ccc(N(C)C)cc3)CC3CCCO3)ccc2c1. The second-order valence-electron chi connectivity index (χ2n) is 8.14. The van der Waals surface area contributed by atoms with Gasteiger partial charge in [-0.05, 0) is 54.8 Å². The maximum absolute atomic E-state index is 13.5. The van der Waals surface area contributed by atoms with E-state index in [0.717, 1.165) is 47.4 Å². The first kappa shape index (κ1) is 21.1. The van der Waals surface area contributed by atoms with Crippen LogP contribution in [0.2, 0.25) is 0 Å². The third-order valence-corrected chi connectivity index (χ3v) is 5.68. The lowest BCUT2D eigenvalue weighted by Gasteiger charge is -2.26. The molecule has 1 fully saturated rings. The molecule has 6 nitrogen and oxygen atoms in total. The first-order valence-electron chi connectivity index (χ1n) is 10.7. The Kier molecular flexibility index (Phi) is 6.37. The van der Waals surface area contributed by atoms with Crippen LogP contribution in [0.15, 0.2) is 54.6 Å². The van der Waals surface area contributed by atoms with Gasteiger partial charge in [-0.15, -0.1) is 0 Å². The molecule has 1 aromatic heterocycles. The van der Waals surface area contributed by atoms with Crippen molar-refractivity contribution < 1.29 is 14.3 Å². The minimum Gasteiger partial charge on any atom is -0.497 e. The predicted octanol–water partition coefficient (Wildman–Crippen LogP) is 4.13. The molecular weight excluding hydrogens is 390 g/mol. The van der Waals surface area contributed by atoms with E-state index in [1.165, 1.54) is 0 Å². The van der Waals surface area contributed by atoms with Crippen LogP contribution in [0.3, 0.4) is 0 Å². The molecule has 3 aromatic rings. The Bertz CT molecular complexity index is 1040. The summed E-state index contributed by atoms with van der Waals surface area (Å²) in [5.41, 5.74) is 3.44. The summed E-state index contributed by atoms with van der Waals surface area (Å²) in [5.74, 6) is 0.694. The molecule has 4 rings (SSSR count). The molecular formula is C25H29N3O3. The van der Waals surface area contributed by atoms with E-state index in [1.807, 2.05) is 43.3 Å². The Hall–Kier alpha value is -3.12. The highest BCUT2D eigenvalue weighted by Gasteiger charge is 2.24. The highest BCUT2D eigenvalue weighted by Crippen LogP contribution is 2.22. The molecule has 1 saturated heterocycles. The number of rotatable bonds is 7. The number of pyridine rings is 1. The Morgan fingerprint density at radius 1 is 1.13 bits per heavy atom. The van der Waals surface area contributed by atoms with Gasteiger partial charge in [-0.2, -0.15) is 0 Å². The highest BCUT2D eigenvalue weighted by atomic mass is 16.5. The maximum atomic E-state index is 13.5. The summed E-state index contributed by atoms with van der Waals surface area (Å²) >= 11 is 0. The number of fused-ring (bicyclic) bond motifs is 1. The first-order chi connectivity index (χ1) is 15.0. The molecule has 0 bridgehead atoms. The third-order valence-electron chi connectivity index (χ3n) is 5.68. The van der Waals surface area contributed by atoms with Crippen LogP contribution in [0.1, 0.15) is 28.9 Å². The minimum absolute atomic E-state index is 0.0784. The van der Waals surface area contributed by atoms with Crippen LogP contribution in [-0.4, -0.2) is 56.3 Å². The van der Waals surface area contributed by atoms with Crippen LogP contribution in [0.5, 0.6) is 5.75 Å². The number of anilines is 1. The number of hydrogen-bond donors (Lipinski definition) is 0. The summed E-state index contributed by atoms with van der Waals surface area (Å²) in [4.78, 5) is 22.0. The summed E-state index contributed by atoms with van der Waals surface area (Å²) in [7, 11) is 5.67. The number of nitrogens with zero attached hydrogens (tertiary/aromatic N) is 3. The Balaban J connectivity index is 1.58. The van der Waals surface area contributed by atoms with Gasteiger partial charge in [-0.3, -0.25) is 4.79 Å². The van der Waals surface area contributed by atoms with Crippen molar-refractivity contribution in [1.29, 1.82) is 0 Å². The van der Waals surface area contributed by atoms with Gasteiger partial charge in [0.2, 0.25) is 0 Å². The smallest absolute Gasteiger partial charge is 0.272 e. The number of methoxy groups -OCH3 is 1. The van der Waals surface area contributed by atoms with Gasteiger partial charge >= 0.3 is 0 Å². The highest BCUT2D eigenvalue weighted by molar-refractivity contribution is 5.95. The van der Waals surface area contributed by atoms with Gasteiger partial charge in [0.05, 0.1) is 18.7 Å². The average Bonchev–Trinajstić information content (AvgIpc) is 3.31. The quantitative estimate of drug-likeness (QED) is 0.576. The Morgan fingerprint density at radius 2 is 1.94 bits per heavy atom. The van der Waals surface area contributed by atoms with Crippen molar-refractivity contribution in [3.63, 3.8) is 0 Å². The summed E-state index contributed by atoms with van der Waals surface area (Å²) in [5, 5.41) is 0.945. The van der Waals surface area contributed by atoms with Gasteiger partial charge in [-0.25, -0.2) is 4.98 Å². The lowest BCUT2D eigenvalue weighted by Crippen LogP contribution is -2.37. The molecule has 1 amide bonds. The number of hydrogen-bond acceptors (Lipinski definition) is 5. The summed E-state index contributed by atoms with van der Waals surface area (Å²) in [6.07, 6.45) is 2.10. The van der Waals surface area contributed by atoms with E-state index >= 15 is 0 Å². The van der Waals surface area contributed by atoms with Gasteiger partial charge in [0.15, 0.2) is 0 Å². The number of ether oxygens (including phenoxy) is 2. The van der Waals surface area contributed by atoms with E-state index in [1.54, 1.807) is 13.2 Å². The zero-order chi connectivity index (χ0) is 21.8.